The molecule has 1 rings (SSSR count). The van der Waals surface area contributed by atoms with E-state index in [0.29, 0.717) is 6.07 Å². The van der Waals surface area contributed by atoms with Crippen molar-refractivity contribution in [3.05, 3.63) is 29.8 Å². The zero-order valence-corrected chi connectivity index (χ0v) is 10.9. The van der Waals surface area contributed by atoms with Crippen LogP contribution in [0.25, 0.3) is 0 Å². The van der Waals surface area contributed by atoms with E-state index < -0.39 is 27.7 Å². The standard InChI is InChI=1S/C7H6F3NO3S.Na/c8-7(9,10)5-3-1-2-4-6(5)11-15(12,13)14;/h1-4,11H,(H,12,13,14);/q;+1/p-1. The average Bonchev–Trinajstić information content (AvgIpc) is 1.99. The first-order valence-corrected chi connectivity index (χ1v) is 5.01. The molecule has 1 N–H and O–H groups in total. The Morgan fingerprint density at radius 2 is 1.69 bits per heavy atom. The van der Waals surface area contributed by atoms with E-state index in [1.807, 2.05) is 0 Å². The fourth-order valence-corrected chi connectivity index (χ4v) is 1.40. The molecule has 0 saturated heterocycles. The van der Waals surface area contributed by atoms with E-state index in [4.69, 9.17) is 0 Å². The molecule has 0 amide bonds. The molecule has 0 aliphatic heterocycles. The third kappa shape index (κ3) is 4.71. The molecule has 0 atom stereocenters. The van der Waals surface area contributed by atoms with Gasteiger partial charge >= 0.3 is 35.7 Å². The molecule has 0 unspecified atom stereocenters. The molecule has 0 bridgehead atoms. The molecule has 4 nitrogen and oxygen atoms in total. The Labute approximate surface area is 112 Å². The molecule has 0 aliphatic rings. The Hall–Kier alpha value is -0.280. The van der Waals surface area contributed by atoms with Gasteiger partial charge in [0, 0.05) is 0 Å². The maximum Gasteiger partial charge on any atom is 1.00 e. The van der Waals surface area contributed by atoms with Gasteiger partial charge in [0.2, 0.25) is 0 Å². The molecular formula is C7H5F3NNaO3S. The van der Waals surface area contributed by atoms with Crippen LogP contribution in [0.3, 0.4) is 0 Å². The van der Waals surface area contributed by atoms with Crippen molar-refractivity contribution in [1.82, 2.24) is 0 Å². The number of rotatable bonds is 2. The number of alkyl halides is 3. The number of para-hydroxylation sites is 1. The summed E-state index contributed by atoms with van der Waals surface area (Å²) in [6.07, 6.45) is -4.71. The van der Waals surface area contributed by atoms with Crippen LogP contribution in [0, 0.1) is 0 Å². The summed E-state index contributed by atoms with van der Waals surface area (Å²) >= 11 is 0. The first-order chi connectivity index (χ1) is 6.70. The van der Waals surface area contributed by atoms with Crippen LogP contribution in [0.1, 0.15) is 5.56 Å². The second-order valence-corrected chi connectivity index (χ2v) is 3.71. The molecule has 0 saturated carbocycles. The predicted octanol–water partition coefficient (Wildman–Crippen LogP) is -1.42. The van der Waals surface area contributed by atoms with E-state index in [0.717, 1.165) is 12.1 Å². The van der Waals surface area contributed by atoms with E-state index in [2.05, 4.69) is 0 Å². The molecule has 0 spiro atoms. The van der Waals surface area contributed by atoms with Gasteiger partial charge in [0.25, 0.3) is 0 Å². The molecule has 0 radical (unpaired) electrons. The third-order valence-electron chi connectivity index (χ3n) is 1.47. The zero-order valence-electron chi connectivity index (χ0n) is 8.08. The average molecular weight is 263 g/mol. The Balaban J connectivity index is 0.00000225. The second-order valence-electron chi connectivity index (χ2n) is 2.60. The zero-order chi connectivity index (χ0) is 11.7. The van der Waals surface area contributed by atoms with Crippen molar-refractivity contribution in [2.24, 2.45) is 0 Å². The molecule has 16 heavy (non-hydrogen) atoms. The minimum Gasteiger partial charge on any atom is -0.731 e. The van der Waals surface area contributed by atoms with Crippen molar-refractivity contribution in [1.29, 1.82) is 0 Å². The van der Waals surface area contributed by atoms with Crippen molar-refractivity contribution in [3.63, 3.8) is 0 Å². The van der Waals surface area contributed by atoms with Crippen molar-refractivity contribution < 1.29 is 55.7 Å². The quantitative estimate of drug-likeness (QED) is 0.526. The van der Waals surface area contributed by atoms with Gasteiger partial charge in [-0.2, -0.15) is 13.2 Å². The third-order valence-corrected chi connectivity index (χ3v) is 1.94. The molecule has 0 aromatic heterocycles. The Bertz CT molecular complexity index is 460. The van der Waals surface area contributed by atoms with Crippen molar-refractivity contribution in [2.75, 3.05) is 4.72 Å². The van der Waals surface area contributed by atoms with E-state index in [1.165, 1.54) is 10.8 Å². The van der Waals surface area contributed by atoms with Gasteiger partial charge in [-0.05, 0) is 12.1 Å². The number of nitrogens with one attached hydrogen (secondary N) is 1. The van der Waals surface area contributed by atoms with Crippen molar-refractivity contribution in [2.45, 2.75) is 6.18 Å². The van der Waals surface area contributed by atoms with E-state index in [1.54, 1.807) is 0 Å². The SMILES string of the molecule is O=S(=O)([O-])Nc1ccccc1C(F)(F)F.[Na+]. The summed E-state index contributed by atoms with van der Waals surface area (Å²) in [5.74, 6) is 0. The van der Waals surface area contributed by atoms with Crippen LogP contribution in [-0.4, -0.2) is 13.0 Å². The largest absolute Gasteiger partial charge is 1.00 e. The monoisotopic (exact) mass is 263 g/mol. The van der Waals surface area contributed by atoms with Gasteiger partial charge in [0.1, 0.15) is 0 Å². The van der Waals surface area contributed by atoms with Crippen LogP contribution in [0.15, 0.2) is 24.3 Å². The molecule has 1 aromatic carbocycles. The van der Waals surface area contributed by atoms with Crippen LogP contribution < -0.4 is 34.3 Å². The number of halogens is 3. The number of benzene rings is 1. The molecule has 0 fully saturated rings. The van der Waals surface area contributed by atoms with Gasteiger partial charge in [-0.25, -0.2) is 8.42 Å². The summed E-state index contributed by atoms with van der Waals surface area (Å²) in [7, 11) is -4.96. The van der Waals surface area contributed by atoms with Crippen LogP contribution >= 0.6 is 0 Å². The van der Waals surface area contributed by atoms with Gasteiger partial charge in [0.15, 0.2) is 10.3 Å². The maximum absolute atomic E-state index is 12.3. The Morgan fingerprint density at radius 3 is 2.12 bits per heavy atom. The molecule has 84 valence electrons. The Kier molecular flexibility index (Phi) is 5.27. The number of hydrogen-bond acceptors (Lipinski definition) is 3. The van der Waals surface area contributed by atoms with Gasteiger partial charge in [-0.15, -0.1) is 0 Å². The van der Waals surface area contributed by atoms with Gasteiger partial charge in [-0.3, -0.25) is 4.72 Å². The molecular weight excluding hydrogens is 258 g/mol. The van der Waals surface area contributed by atoms with Crippen molar-refractivity contribution >= 4 is 16.0 Å². The molecule has 0 heterocycles. The summed E-state index contributed by atoms with van der Waals surface area (Å²) in [6, 6.07) is 3.81. The minimum absolute atomic E-state index is 0. The van der Waals surface area contributed by atoms with Crippen LogP contribution in [0.4, 0.5) is 18.9 Å². The van der Waals surface area contributed by atoms with Crippen LogP contribution in [0.5, 0.6) is 0 Å². The smallest absolute Gasteiger partial charge is 0.731 e. The normalized spacial score (nSPS) is 11.8. The first kappa shape index (κ1) is 15.7. The minimum atomic E-state index is -4.96. The van der Waals surface area contributed by atoms with E-state index in [-0.39, 0.29) is 29.6 Å². The summed E-state index contributed by atoms with van der Waals surface area (Å²) < 4.78 is 68.9. The van der Waals surface area contributed by atoms with E-state index >= 15 is 0 Å². The fourth-order valence-electron chi connectivity index (χ4n) is 0.954. The Morgan fingerprint density at radius 1 is 1.19 bits per heavy atom. The summed E-state index contributed by atoms with van der Waals surface area (Å²) in [6.45, 7) is 0. The van der Waals surface area contributed by atoms with Gasteiger partial charge in [-0.1, -0.05) is 12.1 Å². The second kappa shape index (κ2) is 5.37. The van der Waals surface area contributed by atoms with Crippen LogP contribution in [0.2, 0.25) is 0 Å². The summed E-state index contributed by atoms with van der Waals surface area (Å²) in [5.41, 5.74) is -1.98. The van der Waals surface area contributed by atoms with E-state index in [9.17, 15) is 26.1 Å². The fraction of sp³-hybridized carbons (Fsp3) is 0.143. The van der Waals surface area contributed by atoms with Crippen LogP contribution in [-0.2, 0) is 16.5 Å². The molecule has 9 heteroatoms. The number of hydrogen-bond donors (Lipinski definition) is 1. The summed E-state index contributed by atoms with van der Waals surface area (Å²) in [4.78, 5) is 0. The van der Waals surface area contributed by atoms with Crippen molar-refractivity contribution in [3.8, 4) is 0 Å². The first-order valence-electron chi connectivity index (χ1n) is 3.60. The van der Waals surface area contributed by atoms with Gasteiger partial charge in [0.05, 0.1) is 11.3 Å². The molecule has 1 aromatic rings. The predicted molar refractivity (Wildman–Crippen MR) is 44.8 cm³/mol. The summed E-state index contributed by atoms with van der Waals surface area (Å²) in [5, 5.41) is 0. The van der Waals surface area contributed by atoms with Gasteiger partial charge < -0.3 is 4.55 Å². The molecule has 0 aliphatic carbocycles. The number of anilines is 1. The maximum atomic E-state index is 12.3. The topological polar surface area (TPSA) is 69.2 Å².